The third-order valence-corrected chi connectivity index (χ3v) is 9.63. The molecule has 46 heavy (non-hydrogen) atoms. The smallest absolute Gasteiger partial charge is 0.394 e. The lowest BCUT2D eigenvalue weighted by atomic mass is 9.94. The van der Waals surface area contributed by atoms with Crippen LogP contribution < -0.4 is 20.1 Å². The van der Waals surface area contributed by atoms with Crippen LogP contribution >= 0.6 is 11.6 Å². The molecule has 1 amide bonds. The molecule has 0 unspecified atom stereocenters. The monoisotopic (exact) mass is 685 g/mol. The Kier molecular flexibility index (Phi) is 9.06. The Bertz CT molecular complexity index is 1750. The number of hydrogen-bond donors (Lipinski definition) is 3. The van der Waals surface area contributed by atoms with E-state index in [1.807, 2.05) is 4.72 Å². The number of carbonyl (C=O) groups is 1. The molecule has 0 radical (unpaired) electrons. The van der Waals surface area contributed by atoms with Gasteiger partial charge in [0.15, 0.2) is 10.8 Å². The molecule has 3 N–H and O–H groups in total. The van der Waals surface area contributed by atoms with Gasteiger partial charge in [-0.2, -0.15) is 21.6 Å². The average molecular weight is 686 g/mol. The first kappa shape index (κ1) is 31.2. The van der Waals surface area contributed by atoms with E-state index < -0.39 is 46.9 Å². The molecule has 4 heterocycles. The normalized spacial score (nSPS) is 19.7. The number of amides is 1. The maximum Gasteiger partial charge on any atom is 0.394 e. The minimum atomic E-state index is -4.48. The van der Waals surface area contributed by atoms with Gasteiger partial charge in [0.1, 0.15) is 11.0 Å². The van der Waals surface area contributed by atoms with Crippen molar-refractivity contribution in [3.05, 3.63) is 53.3 Å². The Morgan fingerprint density at radius 2 is 2.00 bits per heavy atom. The molecule has 250 valence electrons. The third kappa shape index (κ3) is 8.28. The number of aromatic nitrogens is 4. The molecule has 0 bridgehead atoms. The fraction of sp³-hybridized carbons (Fsp3) is 0.533. The zero-order valence-corrected chi connectivity index (χ0v) is 26.9. The molecule has 5 rings (SSSR count). The molecule has 2 aliphatic rings. The summed E-state index contributed by atoms with van der Waals surface area (Å²) in [5, 5.41) is 10.0. The summed E-state index contributed by atoms with van der Waals surface area (Å²) in [6.45, 7) is 5.30. The summed E-state index contributed by atoms with van der Waals surface area (Å²) < 4.78 is 90.3. The van der Waals surface area contributed by atoms with Crippen LogP contribution in [-0.2, 0) is 10.0 Å². The van der Waals surface area contributed by atoms with Gasteiger partial charge in [-0.1, -0.05) is 17.7 Å². The molecule has 11 nitrogen and oxygen atoms in total. The van der Waals surface area contributed by atoms with Gasteiger partial charge in [0.05, 0.1) is 17.6 Å². The van der Waals surface area contributed by atoms with Crippen molar-refractivity contribution in [3.8, 4) is 11.7 Å². The van der Waals surface area contributed by atoms with Crippen LogP contribution in [0.1, 0.15) is 71.8 Å². The van der Waals surface area contributed by atoms with E-state index in [1.54, 1.807) is 6.07 Å². The summed E-state index contributed by atoms with van der Waals surface area (Å²) in [6, 6.07) is 8.37. The molecule has 2 fully saturated rings. The Morgan fingerprint density at radius 3 is 2.67 bits per heavy atom. The topological polar surface area (TPSA) is 140 Å². The number of nitrogens with zero attached hydrogens (tertiary/aromatic N) is 4. The minimum absolute atomic E-state index is 0.0686. The molecule has 1 saturated carbocycles. The highest BCUT2D eigenvalue weighted by Gasteiger charge is 2.62. The van der Waals surface area contributed by atoms with Crippen LogP contribution in [0.25, 0.3) is 5.82 Å². The van der Waals surface area contributed by atoms with Crippen molar-refractivity contribution in [2.24, 2.45) is 11.3 Å². The number of ether oxygens (including phenoxy) is 1. The SMILES string of the molecule is [2H]C([2H])(COc1ccn(-c2ccc(C(=O)NS(=O)(=O)c3cccc(NCCC[C@@H]4CNC(C)(C)C4)n3)c(Cl)n2)n1)CC1(C(F)(F)F)CC1. The lowest BCUT2D eigenvalue weighted by molar-refractivity contribution is -0.189. The molecule has 1 aliphatic carbocycles. The highest BCUT2D eigenvalue weighted by molar-refractivity contribution is 7.90. The van der Waals surface area contributed by atoms with Gasteiger partial charge < -0.3 is 15.4 Å². The van der Waals surface area contributed by atoms with Gasteiger partial charge >= 0.3 is 6.18 Å². The standard InChI is InChI=1S/C30H37ClF3N7O4S/c1-28(2)18-20(19-36-28)6-4-15-35-22-7-3-8-25(37-22)46(43,44)40-27(42)21-9-10-23(38-26(21)31)41-16-11-24(39-41)45-17-5-12-29(13-14-29)30(32,33)34/h3,7-11,16,20,36H,4-6,12-15,17-19H2,1-2H3,(H,35,37)(H,40,42)/t20-/m0/s1/i5D2. The molecule has 3 aromatic heterocycles. The molecular weight excluding hydrogens is 647 g/mol. The molecular formula is C30H37ClF3N7O4S. The van der Waals surface area contributed by atoms with Crippen molar-refractivity contribution in [3.63, 3.8) is 0 Å². The predicted octanol–water partition coefficient (Wildman–Crippen LogP) is 5.52. The van der Waals surface area contributed by atoms with Crippen LogP contribution in [0, 0.1) is 11.3 Å². The van der Waals surface area contributed by atoms with E-state index in [1.165, 1.54) is 41.2 Å². The van der Waals surface area contributed by atoms with Crippen molar-refractivity contribution in [1.82, 2.24) is 29.8 Å². The number of pyridine rings is 2. The van der Waals surface area contributed by atoms with Gasteiger partial charge in [-0.3, -0.25) is 4.79 Å². The molecule has 3 aromatic rings. The molecule has 0 aromatic carbocycles. The zero-order valence-electron chi connectivity index (χ0n) is 27.3. The highest BCUT2D eigenvalue weighted by Crippen LogP contribution is 2.60. The summed E-state index contributed by atoms with van der Waals surface area (Å²) in [5.41, 5.74) is -2.11. The number of alkyl halides is 3. The lowest BCUT2D eigenvalue weighted by Crippen LogP contribution is -2.31. The van der Waals surface area contributed by atoms with E-state index in [9.17, 15) is 26.4 Å². The number of rotatable bonds is 14. The summed E-state index contributed by atoms with van der Waals surface area (Å²) in [5.74, 6) is -0.0580. The molecule has 1 saturated heterocycles. The number of nitrogens with one attached hydrogen (secondary N) is 3. The Balaban J connectivity index is 1.15. The molecule has 0 spiro atoms. The average Bonchev–Trinajstić information content (AvgIpc) is 3.47. The van der Waals surface area contributed by atoms with Gasteiger partial charge in [0, 0.05) is 27.1 Å². The lowest BCUT2D eigenvalue weighted by Gasteiger charge is -2.18. The van der Waals surface area contributed by atoms with Crippen molar-refractivity contribution in [2.75, 3.05) is 25.0 Å². The largest absolute Gasteiger partial charge is 0.477 e. The maximum absolute atomic E-state index is 13.3. The van der Waals surface area contributed by atoms with E-state index >= 15 is 0 Å². The summed E-state index contributed by atoms with van der Waals surface area (Å²) >= 11 is 6.23. The minimum Gasteiger partial charge on any atom is -0.477 e. The first-order chi connectivity index (χ1) is 22.4. The van der Waals surface area contributed by atoms with Gasteiger partial charge in [-0.25, -0.2) is 19.4 Å². The van der Waals surface area contributed by atoms with Crippen molar-refractivity contribution < 1.29 is 33.9 Å². The highest BCUT2D eigenvalue weighted by atomic mass is 35.5. The van der Waals surface area contributed by atoms with Crippen LogP contribution in [-0.4, -0.2) is 65.5 Å². The molecule has 1 atom stereocenters. The van der Waals surface area contributed by atoms with E-state index in [0.717, 1.165) is 25.8 Å². The fourth-order valence-electron chi connectivity index (χ4n) is 5.35. The Labute approximate surface area is 273 Å². The number of anilines is 1. The Hall–Kier alpha value is -3.43. The maximum atomic E-state index is 13.3. The fourth-order valence-corrected chi connectivity index (χ4v) is 6.52. The van der Waals surface area contributed by atoms with Crippen LogP contribution in [0.4, 0.5) is 19.0 Å². The van der Waals surface area contributed by atoms with Gasteiger partial charge in [0.2, 0.25) is 5.88 Å². The van der Waals surface area contributed by atoms with Crippen LogP contribution in [0.5, 0.6) is 5.88 Å². The quantitative estimate of drug-likeness (QED) is 0.148. The first-order valence-electron chi connectivity index (χ1n) is 15.8. The summed E-state index contributed by atoms with van der Waals surface area (Å²) in [6.07, 6.45) is -3.27. The van der Waals surface area contributed by atoms with Crippen LogP contribution in [0.15, 0.2) is 47.6 Å². The second kappa shape index (κ2) is 13.4. The van der Waals surface area contributed by atoms with E-state index in [2.05, 4.69) is 39.5 Å². The van der Waals surface area contributed by atoms with Crippen molar-refractivity contribution in [2.45, 2.75) is 75.5 Å². The Morgan fingerprint density at radius 1 is 1.22 bits per heavy atom. The number of hydrogen-bond acceptors (Lipinski definition) is 9. The number of carbonyl (C=O) groups excluding carboxylic acids is 1. The van der Waals surface area contributed by atoms with Crippen LogP contribution in [0.3, 0.4) is 0 Å². The number of sulfonamides is 1. The van der Waals surface area contributed by atoms with E-state index in [4.69, 9.17) is 19.1 Å². The molecule has 16 heteroatoms. The van der Waals surface area contributed by atoms with E-state index in [-0.39, 0.29) is 45.8 Å². The van der Waals surface area contributed by atoms with Crippen LogP contribution in [0.2, 0.25) is 5.15 Å². The second-order valence-corrected chi connectivity index (χ2v) is 14.3. The first-order valence-corrected chi connectivity index (χ1v) is 16.7. The van der Waals surface area contributed by atoms with Gasteiger partial charge in [-0.15, -0.1) is 5.10 Å². The zero-order chi connectivity index (χ0) is 35.0. The third-order valence-electron chi connectivity index (χ3n) is 8.11. The van der Waals surface area contributed by atoms with Gasteiger partial charge in [0.25, 0.3) is 15.9 Å². The number of halogens is 4. The van der Waals surface area contributed by atoms with Gasteiger partial charge in [-0.05, 0) is 95.5 Å². The van der Waals surface area contributed by atoms with E-state index in [0.29, 0.717) is 18.3 Å². The summed E-state index contributed by atoms with van der Waals surface area (Å²) in [7, 11) is -4.37. The summed E-state index contributed by atoms with van der Waals surface area (Å²) in [4.78, 5) is 21.1. The predicted molar refractivity (Wildman–Crippen MR) is 166 cm³/mol. The van der Waals surface area contributed by atoms with Crippen molar-refractivity contribution >= 4 is 33.3 Å². The second-order valence-electron chi connectivity index (χ2n) is 12.3. The van der Waals surface area contributed by atoms with Crippen molar-refractivity contribution in [1.29, 1.82) is 0 Å². The molecule has 1 aliphatic heterocycles.